The van der Waals surface area contributed by atoms with Crippen molar-refractivity contribution in [2.75, 3.05) is 0 Å². The number of rotatable bonds is 9. The first kappa shape index (κ1) is 27.8. The van der Waals surface area contributed by atoms with Gasteiger partial charge < -0.3 is 10.8 Å². The third-order valence-corrected chi connectivity index (χ3v) is 9.13. The Bertz CT molecular complexity index is 1850. The Morgan fingerprint density at radius 3 is 2.46 bits per heavy atom. The molecule has 10 heteroatoms. The Balaban J connectivity index is 1.64. The lowest BCUT2D eigenvalue weighted by molar-refractivity contribution is 0.100. The fourth-order valence-corrected chi connectivity index (χ4v) is 6.44. The first-order chi connectivity index (χ1) is 19.6. The van der Waals surface area contributed by atoms with Crippen molar-refractivity contribution in [1.82, 2.24) is 9.55 Å². The van der Waals surface area contributed by atoms with Gasteiger partial charge in [-0.15, -0.1) is 0 Å². The Labute approximate surface area is 237 Å². The molecule has 3 aromatic carbocycles. The van der Waals surface area contributed by atoms with E-state index in [2.05, 4.69) is 11.1 Å². The first-order valence-corrected chi connectivity index (χ1v) is 14.7. The molecule has 4 aromatic rings. The fraction of sp³-hybridized carbons (Fsp3) is 0.226. The monoisotopic (exact) mass is 568 g/mol. The van der Waals surface area contributed by atoms with E-state index in [-0.39, 0.29) is 10.5 Å². The van der Waals surface area contributed by atoms with Gasteiger partial charge in [-0.2, -0.15) is 10.2 Å². The third kappa shape index (κ3) is 5.36. The van der Waals surface area contributed by atoms with E-state index in [0.29, 0.717) is 46.8 Å². The maximum absolute atomic E-state index is 13.8. The number of nitrogens with zero attached hydrogens (tertiary/aromatic N) is 3. The number of sulfone groups is 1. The van der Waals surface area contributed by atoms with E-state index >= 15 is 0 Å². The number of nitriles is 1. The van der Waals surface area contributed by atoms with Crippen LogP contribution in [0.5, 0.6) is 5.88 Å². The highest BCUT2D eigenvalue weighted by Gasteiger charge is 2.34. The molecule has 1 aromatic heterocycles. The molecular formula is C31H28N4O5S. The number of primary amides is 1. The van der Waals surface area contributed by atoms with Gasteiger partial charge >= 0.3 is 0 Å². The van der Waals surface area contributed by atoms with Gasteiger partial charge in [0.25, 0.3) is 5.56 Å². The number of aromatic nitrogens is 2. The van der Waals surface area contributed by atoms with Crippen LogP contribution in [0.25, 0.3) is 11.1 Å². The van der Waals surface area contributed by atoms with Crippen LogP contribution in [0.1, 0.15) is 59.5 Å². The van der Waals surface area contributed by atoms with E-state index in [1.165, 1.54) is 28.8 Å². The summed E-state index contributed by atoms with van der Waals surface area (Å²) in [6.45, 7) is 1.87. The number of nitrogens with two attached hydrogens (primary N) is 1. The zero-order valence-electron chi connectivity index (χ0n) is 22.3. The van der Waals surface area contributed by atoms with Gasteiger partial charge in [-0.1, -0.05) is 49.4 Å². The Morgan fingerprint density at radius 2 is 1.83 bits per heavy atom. The standard InChI is InChI=1S/C31H28N4O5S/c1-2-26(22-7-5-6-20(16-22)18-32)35-27(17-19-10-11-19)34-30(37)28(31(35)38)41(39,40)23-14-12-21(13-15-23)24-8-3-4-9-25(24)29(33)36/h3-9,12-16,19,26,38H,2,10-11,17H2,1H3,(H2,33,36)/t26-/m0/s1. The smallest absolute Gasteiger partial charge is 0.296 e. The molecule has 1 heterocycles. The summed E-state index contributed by atoms with van der Waals surface area (Å²) in [4.78, 5) is 28.3. The largest absolute Gasteiger partial charge is 0.493 e. The number of aromatic hydroxyl groups is 1. The van der Waals surface area contributed by atoms with Crippen LogP contribution in [0, 0.1) is 17.2 Å². The van der Waals surface area contributed by atoms with Crippen LogP contribution in [0.4, 0.5) is 0 Å². The number of carbonyl (C=O) groups is 1. The minimum absolute atomic E-state index is 0.215. The molecule has 208 valence electrons. The summed E-state index contributed by atoms with van der Waals surface area (Å²) in [5, 5.41) is 20.9. The lowest BCUT2D eigenvalue weighted by Gasteiger charge is -2.25. The molecule has 0 unspecified atom stereocenters. The highest BCUT2D eigenvalue weighted by Crippen LogP contribution is 2.37. The number of benzene rings is 3. The van der Waals surface area contributed by atoms with Gasteiger partial charge in [0.1, 0.15) is 5.82 Å². The zero-order chi connectivity index (χ0) is 29.3. The molecule has 0 spiro atoms. The number of hydrogen-bond donors (Lipinski definition) is 2. The van der Waals surface area contributed by atoms with Crippen LogP contribution in [-0.4, -0.2) is 29.0 Å². The summed E-state index contributed by atoms with van der Waals surface area (Å²) in [5.41, 5.74) is 6.94. The SMILES string of the molecule is CC[C@@H](c1cccc(C#N)c1)n1c(CC2CC2)nc(=O)c(S(=O)(=O)c2ccc(-c3ccccc3C(N)=O)cc2)c1O. The Morgan fingerprint density at radius 1 is 1.12 bits per heavy atom. The average Bonchev–Trinajstić information content (AvgIpc) is 3.79. The second kappa shape index (κ2) is 11.0. The van der Waals surface area contributed by atoms with Gasteiger partial charge in [0.2, 0.25) is 21.6 Å². The molecule has 0 saturated heterocycles. The predicted octanol–water partition coefficient (Wildman–Crippen LogP) is 4.37. The summed E-state index contributed by atoms with van der Waals surface area (Å²) in [5.74, 6) is -0.695. The summed E-state index contributed by atoms with van der Waals surface area (Å²) in [7, 11) is -4.50. The summed E-state index contributed by atoms with van der Waals surface area (Å²) < 4.78 is 29.1. The minimum atomic E-state index is -4.50. The molecule has 1 aliphatic carbocycles. The Kier molecular flexibility index (Phi) is 7.47. The summed E-state index contributed by atoms with van der Waals surface area (Å²) >= 11 is 0. The number of hydrogen-bond acceptors (Lipinski definition) is 7. The van der Waals surface area contributed by atoms with Crippen LogP contribution in [0.3, 0.4) is 0 Å². The average molecular weight is 569 g/mol. The summed E-state index contributed by atoms with van der Waals surface area (Å²) in [6.07, 6.45) is 2.79. The lowest BCUT2D eigenvalue weighted by atomic mass is 9.99. The van der Waals surface area contributed by atoms with Crippen LogP contribution in [0.2, 0.25) is 0 Å². The topological polar surface area (TPSA) is 156 Å². The molecule has 1 saturated carbocycles. The minimum Gasteiger partial charge on any atom is -0.493 e. The second-order valence-corrected chi connectivity index (χ2v) is 12.0. The van der Waals surface area contributed by atoms with Crippen molar-refractivity contribution in [2.24, 2.45) is 11.7 Å². The second-order valence-electron chi connectivity index (χ2n) is 10.1. The third-order valence-electron chi connectivity index (χ3n) is 7.34. The van der Waals surface area contributed by atoms with E-state index in [9.17, 15) is 28.4 Å². The van der Waals surface area contributed by atoms with E-state index in [1.807, 2.05) is 6.92 Å². The lowest BCUT2D eigenvalue weighted by Crippen LogP contribution is -2.27. The maximum atomic E-state index is 13.8. The summed E-state index contributed by atoms with van der Waals surface area (Å²) in [6, 6.07) is 20.8. The van der Waals surface area contributed by atoms with Gasteiger partial charge in [0.15, 0.2) is 4.90 Å². The van der Waals surface area contributed by atoms with Crippen molar-refractivity contribution in [1.29, 1.82) is 5.26 Å². The quantitative estimate of drug-likeness (QED) is 0.304. The molecule has 0 radical (unpaired) electrons. The molecule has 1 amide bonds. The molecule has 1 atom stereocenters. The molecule has 1 fully saturated rings. The molecule has 0 aliphatic heterocycles. The van der Waals surface area contributed by atoms with Crippen molar-refractivity contribution < 1.29 is 18.3 Å². The predicted molar refractivity (Wildman–Crippen MR) is 152 cm³/mol. The van der Waals surface area contributed by atoms with E-state index in [1.54, 1.807) is 48.5 Å². The van der Waals surface area contributed by atoms with Crippen molar-refractivity contribution in [3.8, 4) is 23.1 Å². The van der Waals surface area contributed by atoms with E-state index < -0.39 is 38.1 Å². The Hall–Kier alpha value is -4.75. The van der Waals surface area contributed by atoms with Crippen molar-refractivity contribution in [2.45, 2.75) is 48.4 Å². The van der Waals surface area contributed by atoms with Crippen LogP contribution in [-0.2, 0) is 16.3 Å². The molecule has 5 rings (SSSR count). The molecular weight excluding hydrogens is 540 g/mol. The van der Waals surface area contributed by atoms with Crippen LogP contribution < -0.4 is 11.3 Å². The number of amides is 1. The van der Waals surface area contributed by atoms with Gasteiger partial charge in [-0.3, -0.25) is 14.2 Å². The first-order valence-electron chi connectivity index (χ1n) is 13.2. The van der Waals surface area contributed by atoms with Gasteiger partial charge in [0.05, 0.1) is 22.6 Å². The highest BCUT2D eigenvalue weighted by atomic mass is 32.2. The van der Waals surface area contributed by atoms with Crippen molar-refractivity contribution in [3.63, 3.8) is 0 Å². The zero-order valence-corrected chi connectivity index (χ0v) is 23.1. The van der Waals surface area contributed by atoms with Gasteiger partial charge in [0, 0.05) is 12.0 Å². The fourth-order valence-electron chi connectivity index (χ4n) is 5.10. The van der Waals surface area contributed by atoms with Gasteiger partial charge in [-0.05, 0) is 72.2 Å². The van der Waals surface area contributed by atoms with Crippen LogP contribution >= 0.6 is 0 Å². The maximum Gasteiger partial charge on any atom is 0.296 e. The van der Waals surface area contributed by atoms with Crippen LogP contribution in [0.15, 0.2) is 87.4 Å². The highest BCUT2D eigenvalue weighted by molar-refractivity contribution is 7.91. The molecule has 41 heavy (non-hydrogen) atoms. The molecule has 0 bridgehead atoms. The molecule has 1 aliphatic rings. The van der Waals surface area contributed by atoms with Crippen molar-refractivity contribution in [3.05, 3.63) is 106 Å². The molecule has 9 nitrogen and oxygen atoms in total. The normalized spacial score (nSPS) is 13.9. The number of carbonyl (C=O) groups excluding carboxylic acids is 1. The van der Waals surface area contributed by atoms with Crippen molar-refractivity contribution >= 4 is 15.7 Å². The molecule has 3 N–H and O–H groups in total. The van der Waals surface area contributed by atoms with E-state index in [0.717, 1.165) is 12.8 Å². The van der Waals surface area contributed by atoms with Gasteiger partial charge in [-0.25, -0.2) is 8.42 Å². The van der Waals surface area contributed by atoms with E-state index in [4.69, 9.17) is 5.73 Å².